The second-order valence-electron chi connectivity index (χ2n) is 4.26. The Bertz CT molecular complexity index is 404. The standard InChI is InChI=1S/C15H20O5/c1-3-15(17)20-11-13(16)10-18-12(2)9-19-14-7-5-4-6-8-14/h3-8,12-13,16H,1,9-11H2,2H3. The highest BCUT2D eigenvalue weighted by Crippen LogP contribution is 2.09. The minimum atomic E-state index is -0.863. The van der Waals surface area contributed by atoms with Crippen LogP contribution in [0.2, 0.25) is 0 Å². The van der Waals surface area contributed by atoms with Crippen molar-refractivity contribution in [2.24, 2.45) is 0 Å². The first-order valence-electron chi connectivity index (χ1n) is 6.38. The predicted molar refractivity (Wildman–Crippen MR) is 74.5 cm³/mol. The van der Waals surface area contributed by atoms with Gasteiger partial charge in [0, 0.05) is 6.08 Å². The average molecular weight is 280 g/mol. The van der Waals surface area contributed by atoms with Gasteiger partial charge in [-0.1, -0.05) is 24.8 Å². The van der Waals surface area contributed by atoms with Crippen LogP contribution in [0.5, 0.6) is 5.75 Å². The molecule has 5 heteroatoms. The summed E-state index contributed by atoms with van der Waals surface area (Å²) in [5.41, 5.74) is 0. The summed E-state index contributed by atoms with van der Waals surface area (Å²) in [5, 5.41) is 9.55. The van der Waals surface area contributed by atoms with Crippen LogP contribution in [-0.4, -0.2) is 43.1 Å². The van der Waals surface area contributed by atoms with Crippen molar-refractivity contribution < 1.29 is 24.1 Å². The summed E-state index contributed by atoms with van der Waals surface area (Å²) in [6.45, 7) is 5.44. The smallest absolute Gasteiger partial charge is 0.330 e. The molecule has 110 valence electrons. The van der Waals surface area contributed by atoms with Crippen LogP contribution in [0.25, 0.3) is 0 Å². The highest BCUT2D eigenvalue weighted by atomic mass is 16.6. The molecule has 0 amide bonds. The molecule has 0 spiro atoms. The molecule has 1 N–H and O–H groups in total. The molecule has 1 rings (SSSR count). The lowest BCUT2D eigenvalue weighted by Gasteiger charge is -2.17. The van der Waals surface area contributed by atoms with Gasteiger partial charge in [0.15, 0.2) is 0 Å². The van der Waals surface area contributed by atoms with Crippen LogP contribution in [0, 0.1) is 0 Å². The lowest BCUT2D eigenvalue weighted by atomic mass is 10.3. The number of rotatable bonds is 9. The second kappa shape index (κ2) is 9.12. The summed E-state index contributed by atoms with van der Waals surface area (Å²) in [7, 11) is 0. The third kappa shape index (κ3) is 6.92. The van der Waals surface area contributed by atoms with Crippen molar-refractivity contribution in [2.75, 3.05) is 19.8 Å². The summed E-state index contributed by atoms with van der Waals surface area (Å²) in [4.78, 5) is 10.8. The molecule has 5 nitrogen and oxygen atoms in total. The fourth-order valence-electron chi connectivity index (χ4n) is 1.34. The summed E-state index contributed by atoms with van der Waals surface area (Å²) in [6.07, 6.45) is 0.00205. The molecule has 0 saturated carbocycles. The normalized spacial score (nSPS) is 13.3. The van der Waals surface area contributed by atoms with Crippen LogP contribution in [0.4, 0.5) is 0 Å². The second-order valence-corrected chi connectivity index (χ2v) is 4.26. The molecule has 0 heterocycles. The molecule has 0 bridgehead atoms. The van der Waals surface area contributed by atoms with Crippen LogP contribution < -0.4 is 4.74 Å². The van der Waals surface area contributed by atoms with Crippen molar-refractivity contribution in [1.29, 1.82) is 0 Å². The zero-order valence-corrected chi connectivity index (χ0v) is 11.5. The number of ether oxygens (including phenoxy) is 3. The van der Waals surface area contributed by atoms with Crippen LogP contribution in [0.15, 0.2) is 43.0 Å². The lowest BCUT2D eigenvalue weighted by Crippen LogP contribution is -2.28. The van der Waals surface area contributed by atoms with Crippen molar-refractivity contribution in [1.82, 2.24) is 0 Å². The van der Waals surface area contributed by atoms with Crippen LogP contribution in [-0.2, 0) is 14.3 Å². The number of esters is 1. The molecule has 0 aliphatic rings. The lowest BCUT2D eigenvalue weighted by molar-refractivity contribution is -0.142. The van der Waals surface area contributed by atoms with Crippen LogP contribution in [0.3, 0.4) is 0 Å². The van der Waals surface area contributed by atoms with Gasteiger partial charge in [-0.15, -0.1) is 0 Å². The molecule has 0 radical (unpaired) electrons. The van der Waals surface area contributed by atoms with Crippen molar-refractivity contribution in [3.05, 3.63) is 43.0 Å². The van der Waals surface area contributed by atoms with Crippen molar-refractivity contribution in [2.45, 2.75) is 19.1 Å². The summed E-state index contributed by atoms with van der Waals surface area (Å²) < 4.78 is 15.6. The van der Waals surface area contributed by atoms with E-state index in [1.807, 2.05) is 37.3 Å². The number of carbonyl (C=O) groups is 1. The van der Waals surface area contributed by atoms with Gasteiger partial charge in [-0.2, -0.15) is 0 Å². The molecule has 0 aliphatic carbocycles. The number of aliphatic hydroxyl groups excluding tert-OH is 1. The van der Waals surface area contributed by atoms with Crippen molar-refractivity contribution in [3.8, 4) is 5.75 Å². The molecule has 2 unspecified atom stereocenters. The molecular weight excluding hydrogens is 260 g/mol. The van der Waals surface area contributed by atoms with Crippen molar-refractivity contribution >= 4 is 5.97 Å². The quantitative estimate of drug-likeness (QED) is 0.549. The molecular formula is C15H20O5. The van der Waals surface area contributed by atoms with Crippen LogP contribution >= 0.6 is 0 Å². The minimum Gasteiger partial charge on any atom is -0.491 e. The third-order valence-electron chi connectivity index (χ3n) is 2.39. The van der Waals surface area contributed by atoms with E-state index in [2.05, 4.69) is 6.58 Å². The minimum absolute atomic E-state index is 0.0732. The predicted octanol–water partition coefficient (Wildman–Crippen LogP) is 1.56. The van der Waals surface area contributed by atoms with Crippen molar-refractivity contribution in [3.63, 3.8) is 0 Å². The molecule has 20 heavy (non-hydrogen) atoms. The van der Waals surface area contributed by atoms with E-state index in [4.69, 9.17) is 14.2 Å². The Labute approximate surface area is 118 Å². The number of para-hydroxylation sites is 1. The van der Waals surface area contributed by atoms with Gasteiger partial charge in [0.25, 0.3) is 0 Å². The van der Waals surface area contributed by atoms with E-state index in [1.54, 1.807) is 0 Å². The zero-order chi connectivity index (χ0) is 14.8. The zero-order valence-electron chi connectivity index (χ0n) is 11.5. The van der Waals surface area contributed by atoms with Gasteiger partial charge < -0.3 is 19.3 Å². The molecule has 0 saturated heterocycles. The highest BCUT2D eigenvalue weighted by molar-refractivity contribution is 5.81. The van der Waals surface area contributed by atoms with E-state index in [1.165, 1.54) is 0 Å². The van der Waals surface area contributed by atoms with Crippen LogP contribution in [0.1, 0.15) is 6.92 Å². The van der Waals surface area contributed by atoms with Gasteiger partial charge in [0.1, 0.15) is 25.1 Å². The number of carbonyl (C=O) groups excluding carboxylic acids is 1. The number of benzene rings is 1. The number of hydrogen-bond donors (Lipinski definition) is 1. The Morgan fingerprint density at radius 3 is 2.65 bits per heavy atom. The Morgan fingerprint density at radius 2 is 2.00 bits per heavy atom. The van der Waals surface area contributed by atoms with Gasteiger partial charge in [0.2, 0.25) is 0 Å². The summed E-state index contributed by atoms with van der Waals surface area (Å²) in [5.74, 6) is 0.202. The largest absolute Gasteiger partial charge is 0.491 e. The molecule has 2 atom stereocenters. The monoisotopic (exact) mass is 280 g/mol. The Hall–Kier alpha value is -1.85. The first-order valence-corrected chi connectivity index (χ1v) is 6.38. The first kappa shape index (κ1) is 16.2. The molecule has 1 aromatic carbocycles. The number of aliphatic hydroxyl groups is 1. The molecule has 0 aliphatic heterocycles. The maximum atomic E-state index is 10.8. The van der Waals surface area contributed by atoms with E-state index >= 15 is 0 Å². The fourth-order valence-corrected chi connectivity index (χ4v) is 1.34. The molecule has 0 fully saturated rings. The maximum Gasteiger partial charge on any atom is 0.330 e. The van der Waals surface area contributed by atoms with Gasteiger partial charge >= 0.3 is 5.97 Å². The van der Waals surface area contributed by atoms with E-state index in [-0.39, 0.29) is 19.3 Å². The SMILES string of the molecule is C=CC(=O)OCC(O)COC(C)COc1ccccc1. The third-order valence-corrected chi connectivity index (χ3v) is 2.39. The summed E-state index contributed by atoms with van der Waals surface area (Å²) >= 11 is 0. The highest BCUT2D eigenvalue weighted by Gasteiger charge is 2.10. The Morgan fingerprint density at radius 1 is 1.30 bits per heavy atom. The van der Waals surface area contributed by atoms with E-state index < -0.39 is 12.1 Å². The average Bonchev–Trinajstić information content (AvgIpc) is 2.49. The molecule has 1 aromatic rings. The van der Waals surface area contributed by atoms with Gasteiger partial charge in [0.05, 0.1) is 12.7 Å². The Balaban J connectivity index is 2.14. The van der Waals surface area contributed by atoms with Gasteiger partial charge in [-0.3, -0.25) is 0 Å². The number of hydrogen-bond acceptors (Lipinski definition) is 5. The topological polar surface area (TPSA) is 65.0 Å². The molecule has 0 aromatic heterocycles. The Kier molecular flexibility index (Phi) is 7.39. The van der Waals surface area contributed by atoms with E-state index in [0.717, 1.165) is 11.8 Å². The van der Waals surface area contributed by atoms with Gasteiger partial charge in [-0.05, 0) is 19.1 Å². The van der Waals surface area contributed by atoms with E-state index in [9.17, 15) is 9.90 Å². The first-order chi connectivity index (χ1) is 9.61. The maximum absolute atomic E-state index is 10.8. The fraction of sp³-hybridized carbons (Fsp3) is 0.400. The summed E-state index contributed by atoms with van der Waals surface area (Å²) in [6, 6.07) is 9.40. The van der Waals surface area contributed by atoms with E-state index in [0.29, 0.717) is 6.61 Å². The van der Waals surface area contributed by atoms with Gasteiger partial charge in [-0.25, -0.2) is 4.79 Å².